The first-order valence-electron chi connectivity index (χ1n) is 42.6. The van der Waals surface area contributed by atoms with Gasteiger partial charge in [0.25, 0.3) is 0 Å². The third-order valence-corrected chi connectivity index (χ3v) is 28.4. The molecule has 0 amide bonds. The lowest BCUT2D eigenvalue weighted by Crippen LogP contribution is -2.56. The van der Waals surface area contributed by atoms with Gasteiger partial charge >= 0.3 is 0 Å². The van der Waals surface area contributed by atoms with Crippen molar-refractivity contribution in [2.45, 2.75) is 239 Å². The van der Waals surface area contributed by atoms with Gasteiger partial charge in [0.1, 0.15) is 0 Å². The molecular formula is C99H126N12. The van der Waals surface area contributed by atoms with Crippen LogP contribution < -0.4 is 34.3 Å². The van der Waals surface area contributed by atoms with Crippen LogP contribution in [0.4, 0.5) is 39.8 Å². The standard InChI is InChI=1S/C19H22N2.2C18H20N2.2C15H22N2.C14H20N2/c1-13-8-4-7-11-17(13)21-14(2)20(3)18-12-19(21)16-10-6-5-9-15(16)18;1-13-7-3-6-10-17(13)20-14(2)19-11-15-8-4-5-9-16(15)18(20)12-19;1-13-7-3-5-9-17(13)20-14(2)19-12-16(20)11-15-8-4-6-10-18(15)19;1-11-6-4-5-7-15(11)17-12(2)16(3)13-8-9-14(17)10-13;1-12-6-3-4-8-15(12)17-13(2)16-10-5-7-14(17)9-11-16;1-11-6-3-4-8-14(11)16-12(2)15-9-5-7-13(16)10-15/h4-11,14,18-19H,12H2,1-3H3;3-10,14,18H,11-12H2,1-2H3;3-10,14,16H,11-12H2,1-2H3;4-7,12-14H,8-10H2,1-3H3;3-4,6,8,13-14H,5,7,9-11H2,1-2H3;3-4,6,8,12-13H,5,7,9-10H2,1-2H3. The first-order chi connectivity index (χ1) is 53.9. The molecule has 17 atom stereocenters. The van der Waals surface area contributed by atoms with Crippen molar-refractivity contribution in [2.75, 3.05) is 87.7 Å². The van der Waals surface area contributed by atoms with Gasteiger partial charge in [0.05, 0.1) is 55.1 Å². The maximum absolute atomic E-state index is 2.66. The monoisotopic (exact) mass is 1480 g/mol. The number of fused-ring (bicyclic) bond motifs is 21. The number of aryl methyl sites for hydroxylation is 6. The maximum Gasteiger partial charge on any atom is 0.0991 e. The van der Waals surface area contributed by atoms with Crippen molar-refractivity contribution in [3.8, 4) is 0 Å². The highest BCUT2D eigenvalue weighted by atomic mass is 15.5. The number of rotatable bonds is 6. The van der Waals surface area contributed by atoms with Crippen molar-refractivity contribution in [2.24, 2.45) is 0 Å². The summed E-state index contributed by atoms with van der Waals surface area (Å²) < 4.78 is 0. The number of benzene rings is 9. The zero-order valence-electron chi connectivity index (χ0n) is 69.3. The predicted molar refractivity (Wildman–Crippen MR) is 467 cm³/mol. The molecule has 0 radical (unpaired) electrons. The van der Waals surface area contributed by atoms with Crippen molar-refractivity contribution in [3.63, 3.8) is 0 Å². The number of anilines is 7. The molecule has 9 aromatic carbocycles. The molecule has 0 aromatic heterocycles. The smallest absolute Gasteiger partial charge is 0.0991 e. The molecule has 0 N–H and O–H groups in total. The molecule has 2 aliphatic carbocycles. The van der Waals surface area contributed by atoms with Gasteiger partial charge < -0.3 is 34.3 Å². The van der Waals surface area contributed by atoms with Gasteiger partial charge in [0.2, 0.25) is 0 Å². The first kappa shape index (κ1) is 76.4. The van der Waals surface area contributed by atoms with Gasteiger partial charge in [-0.05, 0) is 265 Å². The minimum atomic E-state index is 0.419. The summed E-state index contributed by atoms with van der Waals surface area (Å²) >= 11 is 0. The summed E-state index contributed by atoms with van der Waals surface area (Å²) in [4.78, 5) is 31.2. The van der Waals surface area contributed by atoms with E-state index in [-0.39, 0.29) is 0 Å². The van der Waals surface area contributed by atoms with Crippen molar-refractivity contribution in [3.05, 3.63) is 280 Å². The van der Waals surface area contributed by atoms with Crippen LogP contribution in [0.1, 0.15) is 179 Å². The fourth-order valence-electron chi connectivity index (χ4n) is 22.2. The first-order valence-corrected chi connectivity index (χ1v) is 42.6. The molecule has 22 rings (SSSR count). The highest BCUT2D eigenvalue weighted by Crippen LogP contribution is 2.53. The van der Waals surface area contributed by atoms with Gasteiger partial charge in [-0.15, -0.1) is 0 Å². The van der Waals surface area contributed by atoms with Gasteiger partial charge in [0.15, 0.2) is 0 Å². The molecule has 13 aliphatic rings. The van der Waals surface area contributed by atoms with E-state index in [0.29, 0.717) is 61.2 Å². The maximum atomic E-state index is 2.66. The van der Waals surface area contributed by atoms with E-state index in [1.165, 1.54) is 185 Å². The van der Waals surface area contributed by atoms with Gasteiger partial charge in [-0.3, -0.25) is 24.5 Å². The molecule has 11 aliphatic heterocycles. The van der Waals surface area contributed by atoms with Gasteiger partial charge in [-0.2, -0.15) is 0 Å². The van der Waals surface area contributed by atoms with E-state index in [0.717, 1.165) is 50.2 Å². The molecule has 0 spiro atoms. The predicted octanol–water partition coefficient (Wildman–Crippen LogP) is 20.2. The molecule has 9 aromatic rings. The Hall–Kier alpha value is -8.62. The zero-order valence-corrected chi connectivity index (χ0v) is 69.3. The van der Waals surface area contributed by atoms with Crippen LogP contribution in [-0.4, -0.2) is 145 Å². The second kappa shape index (κ2) is 32.8. The summed E-state index contributed by atoms with van der Waals surface area (Å²) in [5.41, 5.74) is 25.7. The minimum Gasteiger partial charge on any atom is -0.353 e. The Kier molecular flexibility index (Phi) is 22.6. The Morgan fingerprint density at radius 1 is 0.261 bits per heavy atom. The molecule has 111 heavy (non-hydrogen) atoms. The molecule has 11 heterocycles. The Balaban J connectivity index is 0.000000101. The summed E-state index contributed by atoms with van der Waals surface area (Å²) in [6, 6.07) is 84.7. The van der Waals surface area contributed by atoms with Crippen LogP contribution in [0, 0.1) is 41.5 Å². The number of nitrogens with zero attached hydrogens (tertiary/aromatic N) is 12. The number of piperidine rings is 1. The lowest BCUT2D eigenvalue weighted by atomic mass is 9.96. The zero-order chi connectivity index (χ0) is 76.9. The van der Waals surface area contributed by atoms with E-state index < -0.39 is 0 Å². The fourth-order valence-corrected chi connectivity index (χ4v) is 22.2. The van der Waals surface area contributed by atoms with Crippen molar-refractivity contribution in [1.29, 1.82) is 0 Å². The van der Waals surface area contributed by atoms with E-state index in [2.05, 4.69) is 374 Å². The second-order valence-electron chi connectivity index (χ2n) is 34.5. The van der Waals surface area contributed by atoms with E-state index in [4.69, 9.17) is 0 Å². The van der Waals surface area contributed by atoms with E-state index in [1.54, 1.807) is 0 Å². The molecule has 10 fully saturated rings. The Morgan fingerprint density at radius 2 is 0.658 bits per heavy atom. The average Bonchev–Trinajstić information content (AvgIpc) is 1.60. The molecule has 12 heteroatoms. The molecule has 1 saturated carbocycles. The third kappa shape index (κ3) is 14.8. The number of para-hydroxylation sites is 7. The van der Waals surface area contributed by atoms with Crippen molar-refractivity contribution >= 4 is 39.8 Å². The average molecular weight is 1480 g/mol. The molecule has 17 unspecified atom stereocenters. The molecule has 12 bridgehead atoms. The normalized spacial score (nSPS) is 29.4. The number of hydrogen-bond acceptors (Lipinski definition) is 12. The highest BCUT2D eigenvalue weighted by Gasteiger charge is 2.48. The summed E-state index contributed by atoms with van der Waals surface area (Å²) in [6.45, 7) is 35.8. The van der Waals surface area contributed by atoms with E-state index in [1.807, 2.05) is 0 Å². The Bertz CT molecular complexity index is 4610. The van der Waals surface area contributed by atoms with Gasteiger partial charge in [-0.25, -0.2) is 0 Å². The van der Waals surface area contributed by atoms with E-state index >= 15 is 0 Å². The largest absolute Gasteiger partial charge is 0.353 e. The molecule has 9 saturated heterocycles. The summed E-state index contributed by atoms with van der Waals surface area (Å²) in [5.74, 6) is 0. The SMILES string of the molecule is Cc1ccccc1N1C2CC(c3ccccc32)N(C)C1C.Cc1ccccc1N1C2CCC(C2)N(C)C1C.Cc1ccccc1N1C2CCCN(C2)C1C.Cc1ccccc1N1C2CCCN(CC2)C1C.Cc1ccccc1N1C2CN(Cc3ccccc32)C1C.Cc1ccccc1N1C2Cc3ccccc3N(C2)C1C. The van der Waals surface area contributed by atoms with E-state index in [9.17, 15) is 0 Å². The van der Waals surface area contributed by atoms with Crippen LogP contribution in [0.2, 0.25) is 0 Å². The summed E-state index contributed by atoms with van der Waals surface area (Å²) in [6.07, 6.45) is 16.2. The third-order valence-electron chi connectivity index (χ3n) is 28.4. The Labute approximate surface area is 666 Å². The topological polar surface area (TPSA) is 38.9 Å². The van der Waals surface area contributed by atoms with Crippen molar-refractivity contribution in [1.82, 2.24) is 24.5 Å². The van der Waals surface area contributed by atoms with Crippen molar-refractivity contribution < 1.29 is 0 Å². The van der Waals surface area contributed by atoms with Gasteiger partial charge in [0, 0.05) is 116 Å². The molecule has 12 nitrogen and oxygen atoms in total. The van der Waals surface area contributed by atoms with Crippen LogP contribution in [0.15, 0.2) is 218 Å². The van der Waals surface area contributed by atoms with Crippen LogP contribution in [0.5, 0.6) is 0 Å². The summed E-state index contributed by atoms with van der Waals surface area (Å²) in [7, 11) is 4.54. The quantitative estimate of drug-likeness (QED) is 0.159. The van der Waals surface area contributed by atoms with Crippen LogP contribution in [0.3, 0.4) is 0 Å². The van der Waals surface area contributed by atoms with Crippen LogP contribution in [0.25, 0.3) is 0 Å². The molecule has 582 valence electrons. The minimum absolute atomic E-state index is 0.419. The fraction of sp³-hybridized carbons (Fsp3) is 0.455. The number of hydrogen-bond donors (Lipinski definition) is 0. The summed E-state index contributed by atoms with van der Waals surface area (Å²) in [5, 5.41) is 0. The lowest BCUT2D eigenvalue weighted by Gasteiger charge is -2.47. The lowest BCUT2D eigenvalue weighted by molar-refractivity contribution is 0.131. The second-order valence-corrected chi connectivity index (χ2v) is 34.5. The highest BCUT2D eigenvalue weighted by molar-refractivity contribution is 5.67. The van der Waals surface area contributed by atoms with Gasteiger partial charge in [-0.1, -0.05) is 176 Å². The molecular weight excluding hydrogens is 1360 g/mol. The van der Waals surface area contributed by atoms with Crippen LogP contribution >= 0.6 is 0 Å². The Morgan fingerprint density at radius 3 is 1.20 bits per heavy atom. The van der Waals surface area contributed by atoms with Crippen LogP contribution in [-0.2, 0) is 13.0 Å².